The smallest absolute Gasteiger partial charge is 0.0667 e. The van der Waals surface area contributed by atoms with Crippen LogP contribution in [-0.2, 0) is 0 Å². The van der Waals surface area contributed by atoms with E-state index in [0.717, 1.165) is 15.7 Å². The van der Waals surface area contributed by atoms with Crippen molar-refractivity contribution in [2.24, 2.45) is 0 Å². The van der Waals surface area contributed by atoms with Crippen LogP contribution in [0.5, 0.6) is 0 Å². The number of rotatable bonds is 5. The molecule has 0 aliphatic carbocycles. The van der Waals surface area contributed by atoms with E-state index in [0.29, 0.717) is 0 Å². The summed E-state index contributed by atoms with van der Waals surface area (Å²) in [5.41, 5.74) is -1.22. The van der Waals surface area contributed by atoms with Crippen molar-refractivity contribution in [2.45, 2.75) is 0 Å². The molecular formula is C54H35N3. The van der Waals surface area contributed by atoms with E-state index in [-0.39, 0.29) is 55.0 Å². The van der Waals surface area contributed by atoms with Gasteiger partial charge >= 0.3 is 0 Å². The van der Waals surface area contributed by atoms with Crippen molar-refractivity contribution in [3.05, 3.63) is 212 Å². The molecule has 0 aliphatic rings. The van der Waals surface area contributed by atoms with Crippen molar-refractivity contribution in [2.75, 3.05) is 0 Å². The van der Waals surface area contributed by atoms with Crippen LogP contribution < -0.4 is 0 Å². The molecule has 0 saturated heterocycles. The number of nitrogens with zero attached hydrogens (tertiary/aromatic N) is 3. The molecule has 0 saturated carbocycles. The minimum atomic E-state index is -0.846. The van der Waals surface area contributed by atoms with Crippen LogP contribution in [0.2, 0.25) is 0 Å². The van der Waals surface area contributed by atoms with Gasteiger partial charge in [0.2, 0.25) is 0 Å². The highest BCUT2D eigenvalue weighted by Gasteiger charge is 2.20. The second-order valence-corrected chi connectivity index (χ2v) is 13.3. The minimum absolute atomic E-state index is 0.139. The van der Waals surface area contributed by atoms with Gasteiger partial charge in [0.15, 0.2) is 0 Å². The molecular weight excluding hydrogens is 691 g/mol. The number of para-hydroxylation sites is 5. The first kappa shape index (κ1) is 17.5. The molecule has 3 nitrogen and oxygen atoms in total. The van der Waals surface area contributed by atoms with Crippen LogP contribution in [0.15, 0.2) is 212 Å². The third kappa shape index (κ3) is 4.79. The van der Waals surface area contributed by atoms with Gasteiger partial charge in [-0.1, -0.05) is 145 Å². The van der Waals surface area contributed by atoms with Gasteiger partial charge < -0.3 is 13.7 Å². The average Bonchev–Trinajstić information content (AvgIpc) is 3.19. The van der Waals surface area contributed by atoms with E-state index in [4.69, 9.17) is 11.0 Å². The van der Waals surface area contributed by atoms with Gasteiger partial charge in [0.05, 0.1) is 61.9 Å². The van der Waals surface area contributed by atoms with Crippen LogP contribution in [0.1, 0.15) is 28.8 Å². The Bertz CT molecular complexity index is 4720. The zero-order chi connectivity index (χ0) is 55.7. The lowest BCUT2D eigenvalue weighted by atomic mass is 9.99. The van der Waals surface area contributed by atoms with Gasteiger partial charge in [-0.25, -0.2) is 0 Å². The van der Waals surface area contributed by atoms with Gasteiger partial charge in [0, 0.05) is 54.9 Å². The Kier molecular flexibility index (Phi) is 3.81. The maximum absolute atomic E-state index is 10.2. The summed E-state index contributed by atoms with van der Waals surface area (Å²) in [5, 5.41) is -1.76. The molecule has 0 bridgehead atoms. The topological polar surface area (TPSA) is 14.8 Å². The maximum Gasteiger partial charge on any atom is 0.0667 e. The highest BCUT2D eigenvalue weighted by molar-refractivity contribution is 6.16. The summed E-state index contributed by atoms with van der Waals surface area (Å²) in [7, 11) is 0. The van der Waals surface area contributed by atoms with Crippen LogP contribution in [0.3, 0.4) is 0 Å². The minimum Gasteiger partial charge on any atom is -0.309 e. The molecule has 0 unspecified atom stereocenters. The second kappa shape index (κ2) is 12.5. The summed E-state index contributed by atoms with van der Waals surface area (Å²) in [6.07, 6.45) is 0. The molecule has 0 N–H and O–H groups in total. The lowest BCUT2D eigenvalue weighted by Crippen LogP contribution is -1.97. The SMILES string of the molecule is [2H]c1c([2H])c([2H])c2c(c1[2H])c1c([2H])c([2H])c(-n3c4c([2H])c([2H])c([2H])c([2H])c4c4c([2H])c(-c5c([2H])c([2H])c([2H])c6c7c([2H])c([2H])c([2H])c([2H])c7n(-c7ccc(-c8ccccc8)cc7)c56)c([2H])c([2H])c43)c([2H])c1n2-c1ccccc1. The number of hydrogen-bond acceptors (Lipinski definition) is 0. The molecule has 266 valence electrons. The predicted octanol–water partition coefficient (Wildman–Crippen LogP) is 14.3. The van der Waals surface area contributed by atoms with Gasteiger partial charge in [-0.3, -0.25) is 0 Å². The molecule has 0 amide bonds. The van der Waals surface area contributed by atoms with Crippen molar-refractivity contribution >= 4 is 65.4 Å². The van der Waals surface area contributed by atoms with Crippen LogP contribution in [0.4, 0.5) is 0 Å². The number of benzene rings is 9. The third-order valence-electron chi connectivity index (χ3n) is 10.2. The fourth-order valence-electron chi connectivity index (χ4n) is 7.76. The van der Waals surface area contributed by atoms with Crippen molar-refractivity contribution in [1.82, 2.24) is 13.7 Å². The Morgan fingerprint density at radius 2 is 0.825 bits per heavy atom. The molecule has 3 aromatic heterocycles. The molecule has 57 heavy (non-hydrogen) atoms. The molecule has 3 heterocycles. The van der Waals surface area contributed by atoms with E-state index in [9.17, 15) is 17.8 Å². The Labute approximate surface area is 359 Å². The van der Waals surface area contributed by atoms with Crippen LogP contribution in [0, 0.1) is 0 Å². The number of aromatic nitrogens is 3. The molecule has 0 aliphatic heterocycles. The average molecular weight is 747 g/mol. The zero-order valence-corrected chi connectivity index (χ0v) is 29.4. The molecule has 0 atom stereocenters. The quantitative estimate of drug-likeness (QED) is 0.167. The Balaban J connectivity index is 1.28. The van der Waals surface area contributed by atoms with Gasteiger partial charge in [-0.15, -0.1) is 0 Å². The molecule has 12 rings (SSSR count). The van der Waals surface area contributed by atoms with Crippen molar-refractivity contribution in [3.63, 3.8) is 0 Å². The Morgan fingerprint density at radius 1 is 0.298 bits per heavy atom. The zero-order valence-electron chi connectivity index (χ0n) is 50.4. The normalized spacial score (nSPS) is 17.0. The van der Waals surface area contributed by atoms with Gasteiger partial charge in [-0.05, 0) is 83.3 Å². The summed E-state index contributed by atoms with van der Waals surface area (Å²) in [5.74, 6) is 0. The van der Waals surface area contributed by atoms with Crippen LogP contribution >= 0.6 is 0 Å². The summed E-state index contributed by atoms with van der Waals surface area (Å²) in [4.78, 5) is 0. The molecule has 3 heteroatoms. The standard InChI is InChI=1S/C54H35N3/c1-3-14-36(15-4-1)37-26-29-40(30-27-37)57-51-25-12-8-19-44(51)47-22-13-21-42(54(47)57)38-28-33-52-48(34-38)45-20-9-11-24-50(45)56(52)41-31-32-46-43-18-7-10-23-49(43)55(53(46)35-41)39-16-5-2-6-17-39/h1-35H/i7D,8D,9D,10D,11D,12D,13D,18D,19D,20D,21D,22D,23D,24D,25D,28D,31D,32D,33D,34D,35D. The van der Waals surface area contributed by atoms with Crippen LogP contribution in [0.25, 0.3) is 105 Å². The Morgan fingerprint density at radius 3 is 1.54 bits per heavy atom. The van der Waals surface area contributed by atoms with E-state index < -0.39 is 166 Å². The summed E-state index contributed by atoms with van der Waals surface area (Å²) < 4.78 is 199. The highest BCUT2D eigenvalue weighted by atomic mass is 15.0. The second-order valence-electron chi connectivity index (χ2n) is 13.3. The van der Waals surface area contributed by atoms with E-state index in [2.05, 4.69) is 0 Å². The number of fused-ring (bicyclic) bond motifs is 9. The fourth-order valence-corrected chi connectivity index (χ4v) is 7.76. The van der Waals surface area contributed by atoms with Gasteiger partial charge in [-0.2, -0.15) is 0 Å². The maximum atomic E-state index is 10.2. The monoisotopic (exact) mass is 746 g/mol. The lowest BCUT2D eigenvalue weighted by molar-refractivity contribution is 1.15. The van der Waals surface area contributed by atoms with Crippen LogP contribution in [-0.4, -0.2) is 13.7 Å². The summed E-state index contributed by atoms with van der Waals surface area (Å²) in [6.45, 7) is 0. The summed E-state index contributed by atoms with van der Waals surface area (Å²) in [6, 6.07) is 9.57. The van der Waals surface area contributed by atoms with E-state index in [1.807, 2.05) is 30.3 Å². The van der Waals surface area contributed by atoms with Crippen molar-refractivity contribution in [1.29, 1.82) is 0 Å². The fraction of sp³-hybridized carbons (Fsp3) is 0. The van der Waals surface area contributed by atoms with E-state index >= 15 is 0 Å². The van der Waals surface area contributed by atoms with E-state index in [1.165, 1.54) is 9.13 Å². The molecule has 12 aromatic rings. The molecule has 9 aromatic carbocycles. The van der Waals surface area contributed by atoms with Crippen molar-refractivity contribution < 1.29 is 28.8 Å². The highest BCUT2D eigenvalue weighted by Crippen LogP contribution is 2.42. The lowest BCUT2D eigenvalue weighted by Gasteiger charge is -2.13. The first-order chi connectivity index (χ1) is 37.1. The first-order valence-corrected chi connectivity index (χ1v) is 17.9. The molecule has 0 spiro atoms. The summed E-state index contributed by atoms with van der Waals surface area (Å²) >= 11 is 0. The first-order valence-electron chi connectivity index (χ1n) is 28.4. The third-order valence-corrected chi connectivity index (χ3v) is 10.2. The van der Waals surface area contributed by atoms with E-state index in [1.54, 1.807) is 54.6 Å². The van der Waals surface area contributed by atoms with Gasteiger partial charge in [0.1, 0.15) is 0 Å². The largest absolute Gasteiger partial charge is 0.309 e. The predicted molar refractivity (Wildman–Crippen MR) is 240 cm³/mol. The molecule has 0 fully saturated rings. The number of hydrogen-bond donors (Lipinski definition) is 0. The Hall–Kier alpha value is -7.62. The van der Waals surface area contributed by atoms with Crippen molar-refractivity contribution in [3.8, 4) is 39.3 Å². The van der Waals surface area contributed by atoms with Gasteiger partial charge in [0.25, 0.3) is 0 Å². The molecule has 0 radical (unpaired) electrons.